The van der Waals surface area contributed by atoms with Gasteiger partial charge in [-0.25, -0.2) is 12.7 Å². The molecular formula is C10H20N2O4S. The lowest BCUT2D eigenvalue weighted by molar-refractivity contribution is -0.136. The molecule has 1 rings (SSSR count). The fourth-order valence-electron chi connectivity index (χ4n) is 2.01. The summed E-state index contributed by atoms with van der Waals surface area (Å²) < 4.78 is 25.3. The maximum Gasteiger partial charge on any atom is 0.323 e. The maximum absolute atomic E-state index is 12.0. The molecule has 0 aliphatic carbocycles. The summed E-state index contributed by atoms with van der Waals surface area (Å²) in [6, 6.07) is 0. The number of carbonyl (C=O) groups is 1. The normalized spacial score (nSPS) is 28.9. The second-order valence-electron chi connectivity index (χ2n) is 4.65. The number of rotatable bonds is 4. The standard InChI is InChI=1S/C10H20N2O4S/c1-7-3-4-12(6-9(7)5-11)17(15,16)8(2)10(13)14/h7-9H,3-6,11H2,1-2H3,(H,13,14). The highest BCUT2D eigenvalue weighted by Gasteiger charge is 2.38. The van der Waals surface area contributed by atoms with Crippen molar-refractivity contribution in [3.05, 3.63) is 0 Å². The number of hydrogen-bond donors (Lipinski definition) is 2. The molecule has 1 aliphatic heterocycles. The van der Waals surface area contributed by atoms with Crippen LogP contribution in [0.5, 0.6) is 0 Å². The molecule has 7 heteroatoms. The zero-order valence-corrected chi connectivity index (χ0v) is 11.0. The van der Waals surface area contributed by atoms with Gasteiger partial charge in [-0.1, -0.05) is 6.92 Å². The van der Waals surface area contributed by atoms with Crippen LogP contribution in [-0.2, 0) is 14.8 Å². The molecule has 0 aromatic carbocycles. The SMILES string of the molecule is CC1CCN(S(=O)(=O)C(C)C(=O)O)CC1CN. The monoisotopic (exact) mass is 264 g/mol. The van der Waals surface area contributed by atoms with Crippen LogP contribution < -0.4 is 5.73 Å². The third kappa shape index (κ3) is 2.97. The van der Waals surface area contributed by atoms with E-state index < -0.39 is 21.2 Å². The van der Waals surface area contributed by atoms with E-state index in [4.69, 9.17) is 10.8 Å². The van der Waals surface area contributed by atoms with Gasteiger partial charge in [-0.3, -0.25) is 4.79 Å². The van der Waals surface area contributed by atoms with Crippen molar-refractivity contribution in [1.29, 1.82) is 0 Å². The molecule has 0 bridgehead atoms. The van der Waals surface area contributed by atoms with Crippen LogP contribution in [0.15, 0.2) is 0 Å². The zero-order chi connectivity index (χ0) is 13.2. The van der Waals surface area contributed by atoms with Crippen LogP contribution in [-0.4, -0.2) is 48.7 Å². The zero-order valence-electron chi connectivity index (χ0n) is 10.2. The summed E-state index contributed by atoms with van der Waals surface area (Å²) in [4.78, 5) is 10.8. The van der Waals surface area contributed by atoms with Gasteiger partial charge in [0.2, 0.25) is 10.0 Å². The van der Waals surface area contributed by atoms with E-state index >= 15 is 0 Å². The molecule has 0 amide bonds. The molecule has 1 fully saturated rings. The van der Waals surface area contributed by atoms with Crippen molar-refractivity contribution >= 4 is 16.0 Å². The Morgan fingerprint density at radius 2 is 2.18 bits per heavy atom. The molecule has 100 valence electrons. The Bertz CT molecular complexity index is 382. The molecule has 3 N–H and O–H groups in total. The van der Waals surface area contributed by atoms with Gasteiger partial charge in [0, 0.05) is 13.1 Å². The smallest absolute Gasteiger partial charge is 0.323 e. The summed E-state index contributed by atoms with van der Waals surface area (Å²) in [5.41, 5.74) is 5.60. The molecule has 0 radical (unpaired) electrons. The van der Waals surface area contributed by atoms with Gasteiger partial charge in [-0.15, -0.1) is 0 Å². The lowest BCUT2D eigenvalue weighted by atomic mass is 9.88. The Labute approximate surface area is 102 Å². The number of piperidine rings is 1. The molecule has 1 saturated heterocycles. The van der Waals surface area contributed by atoms with Crippen molar-refractivity contribution in [2.24, 2.45) is 17.6 Å². The number of hydrogen-bond acceptors (Lipinski definition) is 4. The third-order valence-electron chi connectivity index (χ3n) is 3.53. The molecule has 0 spiro atoms. The largest absolute Gasteiger partial charge is 0.480 e. The second kappa shape index (κ2) is 5.32. The lowest BCUT2D eigenvalue weighted by Gasteiger charge is -2.36. The van der Waals surface area contributed by atoms with E-state index in [-0.39, 0.29) is 5.92 Å². The highest BCUT2D eigenvalue weighted by molar-refractivity contribution is 7.90. The van der Waals surface area contributed by atoms with Gasteiger partial charge in [-0.05, 0) is 31.7 Å². The fourth-order valence-corrected chi connectivity index (χ4v) is 3.47. The highest BCUT2D eigenvalue weighted by atomic mass is 32.2. The fraction of sp³-hybridized carbons (Fsp3) is 0.900. The Balaban J connectivity index is 2.83. The van der Waals surface area contributed by atoms with Gasteiger partial charge >= 0.3 is 5.97 Å². The average Bonchev–Trinajstić information content (AvgIpc) is 2.28. The number of nitrogens with two attached hydrogens (primary N) is 1. The minimum Gasteiger partial charge on any atom is -0.480 e. The summed E-state index contributed by atoms with van der Waals surface area (Å²) >= 11 is 0. The van der Waals surface area contributed by atoms with Crippen LogP contribution in [0.4, 0.5) is 0 Å². The molecule has 6 nitrogen and oxygen atoms in total. The van der Waals surface area contributed by atoms with E-state index in [1.807, 2.05) is 6.92 Å². The van der Waals surface area contributed by atoms with Crippen molar-refractivity contribution in [2.45, 2.75) is 25.5 Å². The van der Waals surface area contributed by atoms with E-state index in [1.54, 1.807) is 0 Å². The minimum atomic E-state index is -3.75. The Kier molecular flexibility index (Phi) is 4.51. The van der Waals surface area contributed by atoms with Gasteiger partial charge in [0.05, 0.1) is 0 Å². The highest BCUT2D eigenvalue weighted by Crippen LogP contribution is 2.25. The maximum atomic E-state index is 12.0. The van der Waals surface area contributed by atoms with Crippen LogP contribution in [0.25, 0.3) is 0 Å². The van der Waals surface area contributed by atoms with E-state index in [0.717, 1.165) is 6.42 Å². The first kappa shape index (κ1) is 14.4. The summed E-state index contributed by atoms with van der Waals surface area (Å²) in [5.74, 6) is -0.820. The van der Waals surface area contributed by atoms with Crippen molar-refractivity contribution in [3.63, 3.8) is 0 Å². The van der Waals surface area contributed by atoms with Crippen molar-refractivity contribution in [2.75, 3.05) is 19.6 Å². The van der Waals surface area contributed by atoms with E-state index in [2.05, 4.69) is 0 Å². The Morgan fingerprint density at radius 3 is 2.65 bits per heavy atom. The van der Waals surface area contributed by atoms with Crippen LogP contribution >= 0.6 is 0 Å². The molecule has 0 aromatic rings. The molecule has 3 atom stereocenters. The number of sulfonamides is 1. The van der Waals surface area contributed by atoms with Gasteiger partial charge in [0.1, 0.15) is 0 Å². The number of aliphatic carboxylic acids is 1. The first-order valence-corrected chi connectivity index (χ1v) is 7.22. The van der Waals surface area contributed by atoms with Crippen LogP contribution in [0.3, 0.4) is 0 Å². The Morgan fingerprint density at radius 1 is 1.59 bits per heavy atom. The first-order chi connectivity index (χ1) is 7.80. The summed E-state index contributed by atoms with van der Waals surface area (Å²) in [7, 11) is -3.75. The quantitative estimate of drug-likeness (QED) is 0.726. The first-order valence-electron chi connectivity index (χ1n) is 5.72. The van der Waals surface area contributed by atoms with Crippen molar-refractivity contribution < 1.29 is 18.3 Å². The molecular weight excluding hydrogens is 244 g/mol. The molecule has 0 saturated carbocycles. The van der Waals surface area contributed by atoms with Gasteiger partial charge in [0.15, 0.2) is 5.25 Å². The number of carboxylic acids is 1. The topological polar surface area (TPSA) is 101 Å². The predicted molar refractivity (Wildman–Crippen MR) is 63.9 cm³/mol. The van der Waals surface area contributed by atoms with Crippen LogP contribution in [0.2, 0.25) is 0 Å². The lowest BCUT2D eigenvalue weighted by Crippen LogP contribution is -2.49. The molecule has 1 heterocycles. The molecule has 3 unspecified atom stereocenters. The second-order valence-corrected chi connectivity index (χ2v) is 6.90. The van der Waals surface area contributed by atoms with Gasteiger partial charge in [0.25, 0.3) is 0 Å². The summed E-state index contributed by atoms with van der Waals surface area (Å²) in [6.07, 6.45) is 0.730. The van der Waals surface area contributed by atoms with Crippen molar-refractivity contribution in [1.82, 2.24) is 4.31 Å². The van der Waals surface area contributed by atoms with Crippen LogP contribution in [0, 0.1) is 11.8 Å². The van der Waals surface area contributed by atoms with Crippen molar-refractivity contribution in [3.8, 4) is 0 Å². The average molecular weight is 264 g/mol. The minimum absolute atomic E-state index is 0.111. The third-order valence-corrected chi connectivity index (χ3v) is 5.68. The van der Waals surface area contributed by atoms with E-state index in [9.17, 15) is 13.2 Å². The van der Waals surface area contributed by atoms with E-state index in [0.29, 0.717) is 25.6 Å². The molecule has 0 aromatic heterocycles. The van der Waals surface area contributed by atoms with Gasteiger partial charge < -0.3 is 10.8 Å². The number of nitrogens with zero attached hydrogens (tertiary/aromatic N) is 1. The Hall–Kier alpha value is -0.660. The van der Waals surface area contributed by atoms with Crippen LogP contribution in [0.1, 0.15) is 20.3 Å². The van der Waals surface area contributed by atoms with E-state index in [1.165, 1.54) is 11.2 Å². The molecule has 1 aliphatic rings. The number of carboxylic acid groups (broad SMARTS) is 1. The molecule has 17 heavy (non-hydrogen) atoms. The summed E-state index contributed by atoms with van der Waals surface area (Å²) in [5, 5.41) is 7.40. The van der Waals surface area contributed by atoms with Gasteiger partial charge in [-0.2, -0.15) is 0 Å². The predicted octanol–water partition coefficient (Wildman–Crippen LogP) is -0.294. The summed E-state index contributed by atoms with van der Waals surface area (Å²) in [6.45, 7) is 4.39.